The normalized spacial score (nSPS) is 25.0. The second-order valence-electron chi connectivity index (χ2n) is 6.65. The molecule has 1 aromatic carbocycles. The molecule has 0 radical (unpaired) electrons. The highest BCUT2D eigenvalue weighted by molar-refractivity contribution is 5.94. The van der Waals surface area contributed by atoms with Crippen LogP contribution in [0.5, 0.6) is 0 Å². The summed E-state index contributed by atoms with van der Waals surface area (Å²) in [7, 11) is 0. The standard InChI is InChI=1S/C18H25N3O2/c19-17(22)9-11-20-10-5-4-8-15-12-21(13-16(15)20)18(23)14-6-2-1-3-7-14/h1-3,6-7,15-16H,4-5,8-13H2,(H2,19,22)/t15-,16+/m0/s1. The predicted molar refractivity (Wildman–Crippen MR) is 88.9 cm³/mol. The zero-order valence-electron chi connectivity index (χ0n) is 13.5. The van der Waals surface area contributed by atoms with Crippen molar-refractivity contribution < 1.29 is 9.59 Å². The van der Waals surface area contributed by atoms with Gasteiger partial charge in [-0.25, -0.2) is 0 Å². The van der Waals surface area contributed by atoms with Gasteiger partial charge in [0.15, 0.2) is 0 Å². The van der Waals surface area contributed by atoms with Crippen LogP contribution in [0.1, 0.15) is 36.0 Å². The molecule has 2 aliphatic rings. The van der Waals surface area contributed by atoms with Crippen molar-refractivity contribution in [3.63, 3.8) is 0 Å². The number of primary amides is 1. The van der Waals surface area contributed by atoms with E-state index in [4.69, 9.17) is 5.73 Å². The fraction of sp³-hybridized carbons (Fsp3) is 0.556. The minimum Gasteiger partial charge on any atom is -0.370 e. The van der Waals surface area contributed by atoms with Crippen LogP contribution >= 0.6 is 0 Å². The summed E-state index contributed by atoms with van der Waals surface area (Å²) in [6.07, 6.45) is 3.92. The van der Waals surface area contributed by atoms with Crippen LogP contribution in [-0.4, -0.2) is 53.8 Å². The SMILES string of the molecule is NC(=O)CCN1CCCC[C@H]2CN(C(=O)c3ccccc3)C[C@H]21. The van der Waals surface area contributed by atoms with Crippen molar-refractivity contribution in [2.45, 2.75) is 31.7 Å². The van der Waals surface area contributed by atoms with Gasteiger partial charge < -0.3 is 10.6 Å². The van der Waals surface area contributed by atoms with Gasteiger partial charge in [-0.1, -0.05) is 24.6 Å². The van der Waals surface area contributed by atoms with Crippen LogP contribution in [0.3, 0.4) is 0 Å². The third-order valence-corrected chi connectivity index (χ3v) is 5.10. The molecule has 2 saturated heterocycles. The highest BCUT2D eigenvalue weighted by Gasteiger charge is 2.39. The number of amides is 2. The van der Waals surface area contributed by atoms with E-state index in [0.29, 0.717) is 24.9 Å². The number of nitrogens with zero attached hydrogens (tertiary/aromatic N) is 2. The minimum atomic E-state index is -0.249. The molecule has 0 bridgehead atoms. The number of nitrogens with two attached hydrogens (primary N) is 1. The van der Waals surface area contributed by atoms with Crippen LogP contribution in [0.15, 0.2) is 30.3 Å². The molecule has 0 spiro atoms. The van der Waals surface area contributed by atoms with E-state index in [1.807, 2.05) is 35.2 Å². The Bertz CT molecular complexity index is 561. The Morgan fingerprint density at radius 2 is 1.91 bits per heavy atom. The third kappa shape index (κ3) is 3.72. The largest absolute Gasteiger partial charge is 0.370 e. The van der Waals surface area contributed by atoms with Crippen LogP contribution in [-0.2, 0) is 4.79 Å². The molecule has 2 atom stereocenters. The Labute approximate surface area is 137 Å². The van der Waals surface area contributed by atoms with Gasteiger partial charge >= 0.3 is 0 Å². The van der Waals surface area contributed by atoms with Gasteiger partial charge in [0.05, 0.1) is 0 Å². The second kappa shape index (κ2) is 7.13. The average molecular weight is 315 g/mol. The molecular formula is C18H25N3O2. The van der Waals surface area contributed by atoms with Gasteiger partial charge in [0.1, 0.15) is 0 Å². The number of hydrogen-bond donors (Lipinski definition) is 1. The summed E-state index contributed by atoms with van der Waals surface area (Å²) in [5.41, 5.74) is 6.06. The molecule has 23 heavy (non-hydrogen) atoms. The molecule has 124 valence electrons. The van der Waals surface area contributed by atoms with Gasteiger partial charge in [0.2, 0.25) is 5.91 Å². The Morgan fingerprint density at radius 3 is 2.65 bits per heavy atom. The van der Waals surface area contributed by atoms with Crippen LogP contribution in [0.4, 0.5) is 0 Å². The van der Waals surface area contributed by atoms with Crippen molar-refractivity contribution in [2.75, 3.05) is 26.2 Å². The highest BCUT2D eigenvalue weighted by atomic mass is 16.2. The van der Waals surface area contributed by atoms with Crippen molar-refractivity contribution in [3.05, 3.63) is 35.9 Å². The lowest BCUT2D eigenvalue weighted by atomic mass is 9.98. The summed E-state index contributed by atoms with van der Waals surface area (Å²) >= 11 is 0. The summed E-state index contributed by atoms with van der Waals surface area (Å²) < 4.78 is 0. The maximum Gasteiger partial charge on any atom is 0.253 e. The molecule has 5 nitrogen and oxygen atoms in total. The summed E-state index contributed by atoms with van der Waals surface area (Å²) in [4.78, 5) is 28.1. The average Bonchev–Trinajstić information content (AvgIpc) is 2.89. The Morgan fingerprint density at radius 1 is 1.13 bits per heavy atom. The predicted octanol–water partition coefficient (Wildman–Crippen LogP) is 1.49. The van der Waals surface area contributed by atoms with Gasteiger partial charge in [0.25, 0.3) is 5.91 Å². The van der Waals surface area contributed by atoms with E-state index >= 15 is 0 Å². The van der Waals surface area contributed by atoms with Crippen LogP contribution in [0, 0.1) is 5.92 Å². The molecule has 2 fully saturated rings. The molecule has 2 amide bonds. The lowest BCUT2D eigenvalue weighted by molar-refractivity contribution is -0.118. The molecule has 0 unspecified atom stereocenters. The Hall–Kier alpha value is -1.88. The van der Waals surface area contributed by atoms with Crippen molar-refractivity contribution in [2.24, 2.45) is 11.7 Å². The van der Waals surface area contributed by atoms with E-state index in [0.717, 1.165) is 31.6 Å². The number of likely N-dealkylation sites (tertiary alicyclic amines) is 2. The quantitative estimate of drug-likeness (QED) is 0.915. The molecule has 0 aromatic heterocycles. The Balaban J connectivity index is 1.69. The van der Waals surface area contributed by atoms with E-state index in [-0.39, 0.29) is 11.8 Å². The van der Waals surface area contributed by atoms with Gasteiger partial charge in [-0.3, -0.25) is 14.5 Å². The maximum atomic E-state index is 12.7. The lowest BCUT2D eigenvalue weighted by Crippen LogP contribution is -2.42. The van der Waals surface area contributed by atoms with Gasteiger partial charge in [-0.15, -0.1) is 0 Å². The first-order valence-corrected chi connectivity index (χ1v) is 8.52. The summed E-state index contributed by atoms with van der Waals surface area (Å²) in [6.45, 7) is 3.30. The topological polar surface area (TPSA) is 66.6 Å². The van der Waals surface area contributed by atoms with Crippen LogP contribution < -0.4 is 5.73 Å². The number of rotatable bonds is 4. The maximum absolute atomic E-state index is 12.7. The van der Waals surface area contributed by atoms with E-state index in [1.54, 1.807) is 0 Å². The number of carbonyl (C=O) groups is 2. The minimum absolute atomic E-state index is 0.119. The highest BCUT2D eigenvalue weighted by Crippen LogP contribution is 2.30. The Kier molecular flexibility index (Phi) is 4.96. The van der Waals surface area contributed by atoms with Crippen molar-refractivity contribution >= 4 is 11.8 Å². The zero-order valence-corrected chi connectivity index (χ0v) is 13.5. The number of fused-ring (bicyclic) bond motifs is 1. The third-order valence-electron chi connectivity index (χ3n) is 5.10. The molecule has 3 rings (SSSR count). The molecule has 0 saturated carbocycles. The first-order chi connectivity index (χ1) is 11.1. The number of benzene rings is 1. The fourth-order valence-electron chi connectivity index (χ4n) is 3.90. The van der Waals surface area contributed by atoms with Crippen LogP contribution in [0.25, 0.3) is 0 Å². The zero-order chi connectivity index (χ0) is 16.2. The number of carbonyl (C=O) groups excluding carboxylic acids is 2. The summed E-state index contributed by atoms with van der Waals surface area (Å²) in [5.74, 6) is 0.382. The van der Waals surface area contributed by atoms with E-state index in [2.05, 4.69) is 4.90 Å². The van der Waals surface area contributed by atoms with E-state index in [1.165, 1.54) is 12.8 Å². The molecule has 0 aliphatic carbocycles. The lowest BCUT2D eigenvalue weighted by Gasteiger charge is -2.29. The van der Waals surface area contributed by atoms with Gasteiger partial charge in [0, 0.05) is 37.7 Å². The summed E-state index contributed by atoms with van der Waals surface area (Å²) in [6, 6.07) is 9.85. The molecule has 2 aliphatic heterocycles. The fourth-order valence-corrected chi connectivity index (χ4v) is 3.90. The smallest absolute Gasteiger partial charge is 0.253 e. The molecule has 1 aromatic rings. The van der Waals surface area contributed by atoms with Crippen molar-refractivity contribution in [1.82, 2.24) is 9.80 Å². The molecule has 5 heteroatoms. The molecular weight excluding hydrogens is 290 g/mol. The number of hydrogen-bond acceptors (Lipinski definition) is 3. The van der Waals surface area contributed by atoms with Crippen molar-refractivity contribution in [1.29, 1.82) is 0 Å². The first-order valence-electron chi connectivity index (χ1n) is 8.52. The van der Waals surface area contributed by atoms with Gasteiger partial charge in [-0.05, 0) is 37.4 Å². The first kappa shape index (κ1) is 16.0. The summed E-state index contributed by atoms with van der Waals surface area (Å²) in [5, 5.41) is 0. The van der Waals surface area contributed by atoms with Crippen molar-refractivity contribution in [3.8, 4) is 0 Å². The van der Waals surface area contributed by atoms with Crippen LogP contribution in [0.2, 0.25) is 0 Å². The van der Waals surface area contributed by atoms with E-state index in [9.17, 15) is 9.59 Å². The van der Waals surface area contributed by atoms with E-state index < -0.39 is 0 Å². The molecule has 2 heterocycles. The van der Waals surface area contributed by atoms with Gasteiger partial charge in [-0.2, -0.15) is 0 Å². The molecule has 2 N–H and O–H groups in total. The monoisotopic (exact) mass is 315 g/mol. The second-order valence-corrected chi connectivity index (χ2v) is 6.65.